The Hall–Kier alpha value is -0.580. The number of halogens is 2. The van der Waals surface area contributed by atoms with Crippen molar-refractivity contribution >= 4 is 34.5 Å². The van der Waals surface area contributed by atoms with E-state index in [1.807, 2.05) is 12.3 Å². The second-order valence-electron chi connectivity index (χ2n) is 2.70. The standard InChI is InChI=1S/C8H6Cl2N2OS/c1-4-3-14-7(6(4)10)8-12-11-5(2-9)13-8/h3H,2H2,1H3. The van der Waals surface area contributed by atoms with Crippen LogP contribution in [0.1, 0.15) is 11.5 Å². The van der Waals surface area contributed by atoms with Crippen molar-refractivity contribution < 1.29 is 4.42 Å². The van der Waals surface area contributed by atoms with Crippen molar-refractivity contribution in [3.05, 3.63) is 21.9 Å². The summed E-state index contributed by atoms with van der Waals surface area (Å²) in [5.74, 6) is 1.06. The summed E-state index contributed by atoms with van der Waals surface area (Å²) in [6.07, 6.45) is 0. The average molecular weight is 249 g/mol. The van der Waals surface area contributed by atoms with Crippen molar-refractivity contribution in [2.24, 2.45) is 0 Å². The first-order valence-corrected chi connectivity index (χ1v) is 5.64. The van der Waals surface area contributed by atoms with Gasteiger partial charge < -0.3 is 4.42 Å². The second kappa shape index (κ2) is 3.88. The fraction of sp³-hybridized carbons (Fsp3) is 0.250. The minimum atomic E-state index is 0.217. The number of aryl methyl sites for hydroxylation is 1. The number of rotatable bonds is 2. The number of hydrogen-bond acceptors (Lipinski definition) is 4. The van der Waals surface area contributed by atoms with Gasteiger partial charge >= 0.3 is 0 Å². The van der Waals surface area contributed by atoms with E-state index < -0.39 is 0 Å². The predicted octanol–water partition coefficient (Wildman–Crippen LogP) is 3.50. The Morgan fingerprint density at radius 1 is 1.50 bits per heavy atom. The summed E-state index contributed by atoms with van der Waals surface area (Å²) >= 11 is 13.1. The largest absolute Gasteiger partial charge is 0.419 e. The van der Waals surface area contributed by atoms with Gasteiger partial charge in [0.25, 0.3) is 5.89 Å². The van der Waals surface area contributed by atoms with Crippen LogP contribution in [0.25, 0.3) is 10.8 Å². The van der Waals surface area contributed by atoms with E-state index in [2.05, 4.69) is 10.2 Å². The van der Waals surface area contributed by atoms with Gasteiger partial charge in [0, 0.05) is 0 Å². The molecule has 0 radical (unpaired) electrons. The van der Waals surface area contributed by atoms with Crippen molar-refractivity contribution in [1.29, 1.82) is 0 Å². The minimum absolute atomic E-state index is 0.217. The Labute approximate surface area is 94.7 Å². The molecule has 0 spiro atoms. The normalized spacial score (nSPS) is 10.8. The van der Waals surface area contributed by atoms with Gasteiger partial charge in [-0.1, -0.05) is 11.6 Å². The van der Waals surface area contributed by atoms with Crippen molar-refractivity contribution in [3.8, 4) is 10.8 Å². The van der Waals surface area contributed by atoms with E-state index >= 15 is 0 Å². The SMILES string of the molecule is Cc1csc(-c2nnc(CCl)o2)c1Cl. The molecule has 14 heavy (non-hydrogen) atoms. The molecular weight excluding hydrogens is 243 g/mol. The van der Waals surface area contributed by atoms with Gasteiger partial charge in [-0.05, 0) is 17.9 Å². The highest BCUT2D eigenvalue weighted by Gasteiger charge is 2.14. The Bertz CT molecular complexity index is 452. The van der Waals surface area contributed by atoms with Crippen LogP contribution in [0, 0.1) is 6.92 Å². The summed E-state index contributed by atoms with van der Waals surface area (Å²) in [7, 11) is 0. The molecule has 6 heteroatoms. The third-order valence-corrected chi connectivity index (χ3v) is 3.59. The average Bonchev–Trinajstić information content (AvgIpc) is 2.75. The molecule has 0 N–H and O–H groups in total. The zero-order valence-electron chi connectivity index (χ0n) is 7.25. The summed E-state index contributed by atoms with van der Waals surface area (Å²) in [5, 5.41) is 10.2. The zero-order chi connectivity index (χ0) is 10.1. The molecule has 0 aliphatic heterocycles. The molecule has 0 aromatic carbocycles. The van der Waals surface area contributed by atoms with Gasteiger partial charge in [0.15, 0.2) is 0 Å². The summed E-state index contributed by atoms with van der Waals surface area (Å²) in [6, 6.07) is 0. The molecular formula is C8H6Cl2N2OS. The van der Waals surface area contributed by atoms with E-state index in [9.17, 15) is 0 Å². The lowest BCUT2D eigenvalue weighted by atomic mass is 10.3. The van der Waals surface area contributed by atoms with Crippen LogP contribution in [-0.2, 0) is 5.88 Å². The summed E-state index contributed by atoms with van der Waals surface area (Å²) in [6.45, 7) is 1.93. The Morgan fingerprint density at radius 3 is 2.79 bits per heavy atom. The molecule has 0 unspecified atom stereocenters. The van der Waals surface area contributed by atoms with Gasteiger partial charge in [-0.2, -0.15) is 0 Å². The fourth-order valence-electron chi connectivity index (χ4n) is 0.974. The smallest absolute Gasteiger partial charge is 0.259 e. The van der Waals surface area contributed by atoms with Crippen LogP contribution >= 0.6 is 34.5 Å². The molecule has 0 aliphatic rings. The molecule has 0 atom stereocenters. The Balaban J connectivity index is 2.44. The van der Waals surface area contributed by atoms with Crippen LogP contribution in [0.15, 0.2) is 9.80 Å². The number of alkyl halides is 1. The molecule has 0 saturated heterocycles. The van der Waals surface area contributed by atoms with Crippen LogP contribution in [-0.4, -0.2) is 10.2 Å². The van der Waals surface area contributed by atoms with E-state index in [-0.39, 0.29) is 5.88 Å². The molecule has 2 heterocycles. The van der Waals surface area contributed by atoms with E-state index in [4.69, 9.17) is 27.6 Å². The fourth-order valence-corrected chi connectivity index (χ4v) is 2.28. The van der Waals surface area contributed by atoms with Crippen molar-refractivity contribution in [2.75, 3.05) is 0 Å². The van der Waals surface area contributed by atoms with E-state index in [1.165, 1.54) is 11.3 Å². The van der Waals surface area contributed by atoms with Crippen LogP contribution in [0.4, 0.5) is 0 Å². The first-order valence-electron chi connectivity index (χ1n) is 3.84. The van der Waals surface area contributed by atoms with E-state index in [0.29, 0.717) is 16.8 Å². The third kappa shape index (κ3) is 1.65. The lowest BCUT2D eigenvalue weighted by Crippen LogP contribution is -1.74. The molecule has 0 aliphatic carbocycles. The highest BCUT2D eigenvalue weighted by Crippen LogP contribution is 2.35. The molecule has 2 aromatic rings. The summed E-state index contributed by atoms with van der Waals surface area (Å²) in [4.78, 5) is 0.799. The van der Waals surface area contributed by atoms with E-state index in [0.717, 1.165) is 10.4 Å². The quantitative estimate of drug-likeness (QED) is 0.764. The lowest BCUT2D eigenvalue weighted by molar-refractivity contribution is 0.528. The van der Waals surface area contributed by atoms with Crippen molar-refractivity contribution in [2.45, 2.75) is 12.8 Å². The summed E-state index contributed by atoms with van der Waals surface area (Å²) in [5.41, 5.74) is 1.01. The van der Waals surface area contributed by atoms with Gasteiger partial charge in [0.2, 0.25) is 5.89 Å². The van der Waals surface area contributed by atoms with Gasteiger partial charge in [0.05, 0.1) is 5.02 Å². The molecule has 0 amide bonds. The van der Waals surface area contributed by atoms with Gasteiger partial charge in [-0.15, -0.1) is 33.1 Å². The second-order valence-corrected chi connectivity index (χ2v) is 4.22. The highest BCUT2D eigenvalue weighted by molar-refractivity contribution is 7.14. The highest BCUT2D eigenvalue weighted by atomic mass is 35.5. The maximum Gasteiger partial charge on any atom is 0.259 e. The number of hydrogen-bond donors (Lipinski definition) is 0. The molecule has 74 valence electrons. The Kier molecular flexibility index (Phi) is 2.76. The maximum atomic E-state index is 6.05. The lowest BCUT2D eigenvalue weighted by Gasteiger charge is -1.89. The number of nitrogens with zero attached hydrogens (tertiary/aromatic N) is 2. The van der Waals surface area contributed by atoms with Gasteiger partial charge in [-0.3, -0.25) is 0 Å². The van der Waals surface area contributed by atoms with Crippen LogP contribution < -0.4 is 0 Å². The predicted molar refractivity (Wildman–Crippen MR) is 56.9 cm³/mol. The van der Waals surface area contributed by atoms with Crippen molar-refractivity contribution in [3.63, 3.8) is 0 Å². The van der Waals surface area contributed by atoms with Crippen LogP contribution in [0.5, 0.6) is 0 Å². The molecule has 0 saturated carbocycles. The van der Waals surface area contributed by atoms with Crippen LogP contribution in [0.3, 0.4) is 0 Å². The molecule has 2 rings (SSSR count). The van der Waals surface area contributed by atoms with Gasteiger partial charge in [-0.25, -0.2) is 0 Å². The first kappa shape index (κ1) is 9.96. The molecule has 3 nitrogen and oxygen atoms in total. The molecule has 0 fully saturated rings. The zero-order valence-corrected chi connectivity index (χ0v) is 9.58. The maximum absolute atomic E-state index is 6.05. The van der Waals surface area contributed by atoms with E-state index in [1.54, 1.807) is 0 Å². The monoisotopic (exact) mass is 248 g/mol. The summed E-state index contributed by atoms with van der Waals surface area (Å²) < 4.78 is 5.28. The third-order valence-electron chi connectivity index (χ3n) is 1.67. The Morgan fingerprint density at radius 2 is 2.29 bits per heavy atom. The molecule has 0 bridgehead atoms. The van der Waals surface area contributed by atoms with Crippen molar-refractivity contribution in [1.82, 2.24) is 10.2 Å². The minimum Gasteiger partial charge on any atom is -0.419 e. The van der Waals surface area contributed by atoms with Gasteiger partial charge in [0.1, 0.15) is 10.8 Å². The number of thiophene rings is 1. The number of aromatic nitrogens is 2. The van der Waals surface area contributed by atoms with Crippen LogP contribution in [0.2, 0.25) is 5.02 Å². The molecule has 2 aromatic heterocycles. The topological polar surface area (TPSA) is 38.9 Å². The first-order chi connectivity index (χ1) is 6.72.